The molecule has 1 aromatic carbocycles. The number of sulfone groups is 1. The number of hydrogen-bond donors (Lipinski definition) is 2. The summed E-state index contributed by atoms with van der Waals surface area (Å²) in [7, 11) is -2.91. The fourth-order valence-corrected chi connectivity index (χ4v) is 2.02. The maximum atomic E-state index is 13.0. The zero-order chi connectivity index (χ0) is 12.9. The van der Waals surface area contributed by atoms with Crippen molar-refractivity contribution in [2.45, 2.75) is 13.0 Å². The van der Waals surface area contributed by atoms with Gasteiger partial charge < -0.3 is 10.4 Å². The Labute approximate surface area is 100 Å². The van der Waals surface area contributed by atoms with Gasteiger partial charge in [0, 0.05) is 12.8 Å². The van der Waals surface area contributed by atoms with Gasteiger partial charge in [0.15, 0.2) is 11.6 Å². The minimum absolute atomic E-state index is 0.143. The van der Waals surface area contributed by atoms with Crippen molar-refractivity contribution in [2.24, 2.45) is 0 Å². The average molecular weight is 261 g/mol. The largest absolute Gasteiger partial charge is 0.505 e. The molecule has 0 aromatic heterocycles. The summed E-state index contributed by atoms with van der Waals surface area (Å²) in [5.41, 5.74) is 0.708. The second-order valence-corrected chi connectivity index (χ2v) is 6.21. The summed E-state index contributed by atoms with van der Waals surface area (Å²) >= 11 is 0. The summed E-state index contributed by atoms with van der Waals surface area (Å²) in [4.78, 5) is 0. The molecule has 1 rings (SSSR count). The number of rotatable bonds is 6. The molecule has 1 aromatic rings. The molecule has 0 saturated carbocycles. The summed E-state index contributed by atoms with van der Waals surface area (Å²) in [6.07, 6.45) is 1.72. The molecule has 0 amide bonds. The molecular weight excluding hydrogens is 245 g/mol. The highest BCUT2D eigenvalue weighted by Crippen LogP contribution is 2.15. The third-order valence-corrected chi connectivity index (χ3v) is 3.24. The van der Waals surface area contributed by atoms with E-state index in [0.29, 0.717) is 25.1 Å². The van der Waals surface area contributed by atoms with Crippen LogP contribution in [0.15, 0.2) is 18.2 Å². The Hall–Kier alpha value is -1.14. The highest BCUT2D eigenvalue weighted by molar-refractivity contribution is 7.90. The topological polar surface area (TPSA) is 66.4 Å². The minimum atomic E-state index is -2.91. The lowest BCUT2D eigenvalue weighted by atomic mass is 10.2. The number of aromatic hydroxyl groups is 1. The van der Waals surface area contributed by atoms with Crippen LogP contribution in [0.3, 0.4) is 0 Å². The molecule has 0 aliphatic heterocycles. The van der Waals surface area contributed by atoms with Crippen molar-refractivity contribution in [3.63, 3.8) is 0 Å². The molecule has 96 valence electrons. The number of phenols is 1. The van der Waals surface area contributed by atoms with Crippen molar-refractivity contribution in [3.05, 3.63) is 29.6 Å². The van der Waals surface area contributed by atoms with Gasteiger partial charge in [-0.05, 0) is 30.7 Å². The second-order valence-electron chi connectivity index (χ2n) is 3.95. The third kappa shape index (κ3) is 5.65. The van der Waals surface area contributed by atoms with Gasteiger partial charge in [0.2, 0.25) is 0 Å². The van der Waals surface area contributed by atoms with Gasteiger partial charge in [0.1, 0.15) is 9.84 Å². The zero-order valence-corrected chi connectivity index (χ0v) is 10.4. The van der Waals surface area contributed by atoms with Crippen molar-refractivity contribution in [3.8, 4) is 5.75 Å². The molecule has 6 heteroatoms. The van der Waals surface area contributed by atoms with Gasteiger partial charge in [-0.2, -0.15) is 0 Å². The van der Waals surface area contributed by atoms with Crippen LogP contribution in [0.1, 0.15) is 12.0 Å². The van der Waals surface area contributed by atoms with E-state index in [1.54, 1.807) is 6.07 Å². The van der Waals surface area contributed by atoms with Crippen molar-refractivity contribution < 1.29 is 17.9 Å². The predicted molar refractivity (Wildman–Crippen MR) is 64.1 cm³/mol. The summed E-state index contributed by atoms with van der Waals surface area (Å²) in [6.45, 7) is 0.997. The molecule has 0 unspecified atom stereocenters. The SMILES string of the molecule is CS(=O)(=O)CCCNCc1ccc(O)c(F)c1. The van der Waals surface area contributed by atoms with Crippen LogP contribution in [0.2, 0.25) is 0 Å². The van der Waals surface area contributed by atoms with Gasteiger partial charge in [-0.1, -0.05) is 6.07 Å². The molecule has 0 radical (unpaired) electrons. The number of nitrogens with one attached hydrogen (secondary N) is 1. The van der Waals surface area contributed by atoms with Gasteiger partial charge >= 0.3 is 0 Å². The van der Waals surface area contributed by atoms with Gasteiger partial charge in [-0.3, -0.25) is 0 Å². The Morgan fingerprint density at radius 2 is 2.12 bits per heavy atom. The number of benzene rings is 1. The zero-order valence-electron chi connectivity index (χ0n) is 9.61. The Kier molecular flexibility index (Phi) is 4.89. The predicted octanol–water partition coefficient (Wildman–Crippen LogP) is 1.06. The van der Waals surface area contributed by atoms with Crippen LogP contribution in [0.5, 0.6) is 5.75 Å². The van der Waals surface area contributed by atoms with Crippen LogP contribution >= 0.6 is 0 Å². The van der Waals surface area contributed by atoms with Crippen molar-refractivity contribution in [2.75, 3.05) is 18.6 Å². The van der Waals surface area contributed by atoms with E-state index < -0.39 is 15.7 Å². The van der Waals surface area contributed by atoms with E-state index >= 15 is 0 Å². The molecule has 4 nitrogen and oxygen atoms in total. The van der Waals surface area contributed by atoms with E-state index in [2.05, 4.69) is 5.32 Å². The van der Waals surface area contributed by atoms with Gasteiger partial charge in [-0.15, -0.1) is 0 Å². The molecule has 0 fully saturated rings. The molecule has 0 aliphatic rings. The number of phenolic OH excluding ortho intramolecular Hbond substituents is 1. The van der Waals surface area contributed by atoms with E-state index in [0.717, 1.165) is 0 Å². The first kappa shape index (κ1) is 13.9. The molecule has 0 saturated heterocycles. The Morgan fingerprint density at radius 1 is 1.41 bits per heavy atom. The molecular formula is C11H16FNO3S. The summed E-state index contributed by atoms with van der Waals surface area (Å²) in [5, 5.41) is 12.0. The van der Waals surface area contributed by atoms with E-state index in [-0.39, 0.29) is 11.5 Å². The van der Waals surface area contributed by atoms with E-state index in [1.807, 2.05) is 0 Å². The van der Waals surface area contributed by atoms with Crippen LogP contribution in [0, 0.1) is 5.82 Å². The van der Waals surface area contributed by atoms with Crippen molar-refractivity contribution in [1.82, 2.24) is 5.32 Å². The second kappa shape index (κ2) is 5.97. The highest BCUT2D eigenvalue weighted by Gasteiger charge is 2.02. The quantitative estimate of drug-likeness (QED) is 0.751. The number of halogens is 1. The monoisotopic (exact) mass is 261 g/mol. The van der Waals surface area contributed by atoms with Crippen LogP contribution in [0.25, 0.3) is 0 Å². The summed E-state index contributed by atoms with van der Waals surface area (Å²) in [6, 6.07) is 4.16. The first-order valence-electron chi connectivity index (χ1n) is 5.24. The Morgan fingerprint density at radius 3 is 2.71 bits per heavy atom. The molecule has 0 bridgehead atoms. The Bertz CT molecular complexity index is 474. The molecule has 2 N–H and O–H groups in total. The van der Waals surface area contributed by atoms with E-state index in [9.17, 15) is 12.8 Å². The first-order valence-corrected chi connectivity index (χ1v) is 7.30. The molecule has 0 aliphatic carbocycles. The van der Waals surface area contributed by atoms with Gasteiger partial charge in [-0.25, -0.2) is 12.8 Å². The fraction of sp³-hybridized carbons (Fsp3) is 0.455. The van der Waals surface area contributed by atoms with E-state index in [1.165, 1.54) is 18.4 Å². The summed E-state index contributed by atoms with van der Waals surface area (Å²) in [5.74, 6) is -0.879. The first-order chi connectivity index (χ1) is 7.88. The average Bonchev–Trinajstić information content (AvgIpc) is 2.21. The fourth-order valence-electron chi connectivity index (χ4n) is 1.35. The normalized spacial score (nSPS) is 11.6. The lowest BCUT2D eigenvalue weighted by molar-refractivity contribution is 0.431. The lowest BCUT2D eigenvalue weighted by Gasteiger charge is -2.05. The molecule has 17 heavy (non-hydrogen) atoms. The standard InChI is InChI=1S/C11H16FNO3S/c1-17(15,16)6-2-5-13-8-9-3-4-11(14)10(12)7-9/h3-4,7,13-14H,2,5-6,8H2,1H3. The maximum Gasteiger partial charge on any atom is 0.165 e. The maximum absolute atomic E-state index is 13.0. The highest BCUT2D eigenvalue weighted by atomic mass is 32.2. The molecule has 0 atom stereocenters. The van der Waals surface area contributed by atoms with Crippen LogP contribution in [-0.2, 0) is 16.4 Å². The van der Waals surface area contributed by atoms with E-state index in [4.69, 9.17) is 5.11 Å². The Balaban J connectivity index is 2.29. The van der Waals surface area contributed by atoms with Crippen molar-refractivity contribution >= 4 is 9.84 Å². The van der Waals surface area contributed by atoms with Crippen molar-refractivity contribution in [1.29, 1.82) is 0 Å². The molecule has 0 spiro atoms. The smallest absolute Gasteiger partial charge is 0.165 e. The molecule has 0 heterocycles. The lowest BCUT2D eigenvalue weighted by Crippen LogP contribution is -2.17. The van der Waals surface area contributed by atoms with Crippen LogP contribution < -0.4 is 5.32 Å². The van der Waals surface area contributed by atoms with Gasteiger partial charge in [0.25, 0.3) is 0 Å². The summed E-state index contributed by atoms with van der Waals surface area (Å²) < 4.78 is 34.6. The number of hydrogen-bond acceptors (Lipinski definition) is 4. The minimum Gasteiger partial charge on any atom is -0.505 e. The van der Waals surface area contributed by atoms with Crippen LogP contribution in [-0.4, -0.2) is 32.1 Å². The van der Waals surface area contributed by atoms with Gasteiger partial charge in [0.05, 0.1) is 5.75 Å². The third-order valence-electron chi connectivity index (χ3n) is 2.21. The van der Waals surface area contributed by atoms with Crippen LogP contribution in [0.4, 0.5) is 4.39 Å².